The summed E-state index contributed by atoms with van der Waals surface area (Å²) in [6, 6.07) is 19.7. The van der Waals surface area contributed by atoms with Crippen LogP contribution < -0.4 is 10.6 Å². The van der Waals surface area contributed by atoms with Crippen LogP contribution in [-0.4, -0.2) is 36.9 Å². The maximum atomic E-state index is 13.1. The molecule has 1 aromatic heterocycles. The number of amides is 2. The molecule has 0 aliphatic carbocycles. The lowest BCUT2D eigenvalue weighted by Crippen LogP contribution is -2.14. The Morgan fingerprint density at radius 3 is 2.29 bits per heavy atom. The van der Waals surface area contributed by atoms with Gasteiger partial charge in [-0.05, 0) is 64.7 Å². The van der Waals surface area contributed by atoms with E-state index in [1.165, 1.54) is 29.8 Å². The van der Waals surface area contributed by atoms with Crippen LogP contribution >= 0.6 is 11.8 Å². The number of benzene rings is 3. The van der Waals surface area contributed by atoms with E-state index in [0.29, 0.717) is 21.4 Å². The van der Waals surface area contributed by atoms with Gasteiger partial charge in [-0.2, -0.15) is 4.68 Å². The minimum absolute atomic E-state index is 0.0905. The molecule has 12 heteroatoms. The summed E-state index contributed by atoms with van der Waals surface area (Å²) in [5.41, 5.74) is 1.62. The zero-order valence-corrected chi connectivity index (χ0v) is 18.5. The largest absolute Gasteiger partial charge is 0.326 e. The molecule has 0 aliphatic rings. The highest BCUT2D eigenvalue weighted by Gasteiger charge is 2.20. The number of nitro benzene ring substituents is 1. The molecule has 1 heterocycles. The van der Waals surface area contributed by atoms with Gasteiger partial charge in [0.1, 0.15) is 0 Å². The fraction of sp³-hybridized carbons (Fsp3) is 0.0455. The molecule has 170 valence electrons. The minimum atomic E-state index is -0.568. The van der Waals surface area contributed by atoms with E-state index in [2.05, 4.69) is 26.2 Å². The molecule has 0 bridgehead atoms. The number of hydrogen-bond donors (Lipinski definition) is 2. The van der Waals surface area contributed by atoms with Gasteiger partial charge in [0.25, 0.3) is 11.6 Å². The maximum Gasteiger partial charge on any atom is 0.270 e. The van der Waals surface area contributed by atoms with Crippen LogP contribution in [0.5, 0.6) is 0 Å². The van der Waals surface area contributed by atoms with Crippen molar-refractivity contribution in [3.05, 3.63) is 88.5 Å². The number of nitrogens with zero attached hydrogens (tertiary/aromatic N) is 5. The molecule has 0 aliphatic heterocycles. The molecule has 3 aromatic carbocycles. The van der Waals surface area contributed by atoms with Crippen molar-refractivity contribution in [1.82, 2.24) is 20.2 Å². The second-order valence-corrected chi connectivity index (χ2v) is 7.97. The topological polar surface area (TPSA) is 145 Å². The van der Waals surface area contributed by atoms with E-state index < -0.39 is 10.8 Å². The van der Waals surface area contributed by atoms with E-state index in [4.69, 9.17) is 0 Å². The van der Waals surface area contributed by atoms with Crippen LogP contribution in [0.15, 0.2) is 82.8 Å². The standard InChI is InChI=1S/C22H17N7O4S/c1-14(30)23-15-7-9-16(10-8-15)24-21(31)19-13-18(29(32)33)11-12-20(19)34-22-25-26-27-28(22)17-5-3-2-4-6-17/h2-13H,1H3,(H,23,30)(H,24,31). The molecule has 0 saturated heterocycles. The third kappa shape index (κ3) is 5.24. The highest BCUT2D eigenvalue weighted by Crippen LogP contribution is 2.32. The molecule has 0 spiro atoms. The Bertz CT molecular complexity index is 1360. The second-order valence-electron chi connectivity index (χ2n) is 6.96. The quantitative estimate of drug-likeness (QED) is 0.302. The molecule has 2 amide bonds. The number of para-hydroxylation sites is 1. The van der Waals surface area contributed by atoms with Crippen molar-refractivity contribution in [2.24, 2.45) is 0 Å². The summed E-state index contributed by atoms with van der Waals surface area (Å²) < 4.78 is 1.51. The lowest BCUT2D eigenvalue weighted by Gasteiger charge is -2.11. The van der Waals surface area contributed by atoms with Crippen LogP contribution in [0.2, 0.25) is 0 Å². The number of carbonyl (C=O) groups is 2. The van der Waals surface area contributed by atoms with Gasteiger partial charge in [0.05, 0.1) is 16.2 Å². The van der Waals surface area contributed by atoms with Crippen molar-refractivity contribution in [2.75, 3.05) is 10.6 Å². The molecular formula is C22H17N7O4S. The Morgan fingerprint density at radius 2 is 1.65 bits per heavy atom. The number of carbonyl (C=O) groups excluding carboxylic acids is 2. The third-order valence-corrected chi connectivity index (χ3v) is 5.54. The van der Waals surface area contributed by atoms with Crippen molar-refractivity contribution in [3.8, 4) is 5.69 Å². The van der Waals surface area contributed by atoms with Crippen molar-refractivity contribution in [1.29, 1.82) is 0 Å². The lowest BCUT2D eigenvalue weighted by molar-refractivity contribution is -0.384. The second kappa shape index (κ2) is 9.92. The fourth-order valence-electron chi connectivity index (χ4n) is 3.01. The number of nitrogens with one attached hydrogen (secondary N) is 2. The molecule has 0 fully saturated rings. The van der Waals surface area contributed by atoms with Crippen molar-refractivity contribution in [3.63, 3.8) is 0 Å². The Kier molecular flexibility index (Phi) is 6.59. The number of tetrazole rings is 1. The summed E-state index contributed by atoms with van der Waals surface area (Å²) in [5.74, 6) is -0.759. The van der Waals surface area contributed by atoms with Gasteiger partial charge in [0.2, 0.25) is 11.1 Å². The van der Waals surface area contributed by atoms with Crippen LogP contribution in [0.4, 0.5) is 17.1 Å². The molecule has 2 N–H and O–H groups in total. The highest BCUT2D eigenvalue weighted by atomic mass is 32.2. The van der Waals surface area contributed by atoms with E-state index in [1.807, 2.05) is 30.3 Å². The molecular weight excluding hydrogens is 458 g/mol. The van der Waals surface area contributed by atoms with E-state index in [0.717, 1.165) is 17.4 Å². The first-order valence-electron chi connectivity index (χ1n) is 9.90. The van der Waals surface area contributed by atoms with Crippen LogP contribution in [0.25, 0.3) is 5.69 Å². The molecule has 0 radical (unpaired) electrons. The van der Waals surface area contributed by atoms with Crippen molar-refractivity contribution in [2.45, 2.75) is 17.0 Å². The molecule has 11 nitrogen and oxygen atoms in total. The number of rotatable bonds is 7. The molecule has 34 heavy (non-hydrogen) atoms. The predicted octanol–water partition coefficient (Wildman–Crippen LogP) is 3.93. The van der Waals surface area contributed by atoms with E-state index in [9.17, 15) is 19.7 Å². The summed E-state index contributed by atoms with van der Waals surface area (Å²) in [6.07, 6.45) is 0. The Morgan fingerprint density at radius 1 is 0.971 bits per heavy atom. The van der Waals surface area contributed by atoms with Crippen molar-refractivity contribution >= 4 is 40.6 Å². The predicted molar refractivity (Wildman–Crippen MR) is 125 cm³/mol. The number of anilines is 2. The SMILES string of the molecule is CC(=O)Nc1ccc(NC(=O)c2cc([N+](=O)[O-])ccc2Sc2nnnn2-c2ccccc2)cc1. The molecule has 0 unspecified atom stereocenters. The summed E-state index contributed by atoms with van der Waals surface area (Å²) in [5, 5.41) is 28.8. The normalized spacial score (nSPS) is 10.5. The van der Waals surface area contributed by atoms with Crippen LogP contribution in [0.1, 0.15) is 17.3 Å². The van der Waals surface area contributed by atoms with Gasteiger partial charge >= 0.3 is 0 Å². The van der Waals surface area contributed by atoms with Crippen LogP contribution in [-0.2, 0) is 4.79 Å². The van der Waals surface area contributed by atoms with Gasteiger partial charge in [-0.15, -0.1) is 5.10 Å². The zero-order valence-electron chi connectivity index (χ0n) is 17.7. The molecule has 4 aromatic rings. The van der Waals surface area contributed by atoms with Gasteiger partial charge in [-0.25, -0.2) is 0 Å². The minimum Gasteiger partial charge on any atom is -0.326 e. The first-order valence-corrected chi connectivity index (χ1v) is 10.7. The fourth-order valence-corrected chi connectivity index (χ4v) is 3.91. The smallest absolute Gasteiger partial charge is 0.270 e. The number of non-ortho nitro benzene ring substituents is 1. The van der Waals surface area contributed by atoms with E-state index in [-0.39, 0.29) is 17.2 Å². The van der Waals surface area contributed by atoms with Crippen molar-refractivity contribution < 1.29 is 14.5 Å². The van der Waals surface area contributed by atoms with Gasteiger partial charge in [-0.3, -0.25) is 19.7 Å². The Labute approximate surface area is 197 Å². The molecule has 0 atom stereocenters. The van der Waals surface area contributed by atoms with E-state index >= 15 is 0 Å². The molecule has 4 rings (SSSR count). The molecule has 0 saturated carbocycles. The lowest BCUT2D eigenvalue weighted by atomic mass is 10.1. The summed E-state index contributed by atoms with van der Waals surface area (Å²) in [7, 11) is 0. The number of hydrogen-bond acceptors (Lipinski definition) is 8. The Hall–Kier alpha value is -4.58. The monoisotopic (exact) mass is 475 g/mol. The van der Waals surface area contributed by atoms with Crippen LogP contribution in [0.3, 0.4) is 0 Å². The Balaban J connectivity index is 1.63. The summed E-state index contributed by atoms with van der Waals surface area (Å²) in [6.45, 7) is 1.39. The zero-order chi connectivity index (χ0) is 24.1. The van der Waals surface area contributed by atoms with Gasteiger partial charge in [-0.1, -0.05) is 18.2 Å². The average molecular weight is 475 g/mol. The van der Waals surface area contributed by atoms with Gasteiger partial charge in [0.15, 0.2) is 0 Å². The van der Waals surface area contributed by atoms with Crippen LogP contribution in [0, 0.1) is 10.1 Å². The number of nitro groups is 1. The van der Waals surface area contributed by atoms with Gasteiger partial charge < -0.3 is 10.6 Å². The highest BCUT2D eigenvalue weighted by molar-refractivity contribution is 7.99. The van der Waals surface area contributed by atoms with E-state index in [1.54, 1.807) is 24.3 Å². The number of aromatic nitrogens is 4. The summed E-state index contributed by atoms with van der Waals surface area (Å²) in [4.78, 5) is 35.4. The third-order valence-electron chi connectivity index (χ3n) is 4.52. The maximum absolute atomic E-state index is 13.1. The van der Waals surface area contributed by atoms with Gasteiger partial charge in [0, 0.05) is 35.3 Å². The first-order chi connectivity index (χ1) is 16.4. The average Bonchev–Trinajstić information content (AvgIpc) is 3.29. The summed E-state index contributed by atoms with van der Waals surface area (Å²) >= 11 is 1.11. The first kappa shape index (κ1) is 22.6.